The van der Waals surface area contributed by atoms with Crippen LogP contribution in [0.5, 0.6) is 0 Å². The summed E-state index contributed by atoms with van der Waals surface area (Å²) in [5, 5.41) is 0.763. The van der Waals surface area contributed by atoms with Crippen molar-refractivity contribution in [1.29, 1.82) is 0 Å². The van der Waals surface area contributed by atoms with Crippen molar-refractivity contribution in [2.75, 3.05) is 0 Å². The van der Waals surface area contributed by atoms with Gasteiger partial charge in [-0.1, -0.05) is 24.6 Å². The summed E-state index contributed by atoms with van der Waals surface area (Å²) in [4.78, 5) is 0. The van der Waals surface area contributed by atoms with Crippen molar-refractivity contribution >= 4 is 11.6 Å². The first-order valence-corrected chi connectivity index (χ1v) is 4.56. The summed E-state index contributed by atoms with van der Waals surface area (Å²) in [5.74, 6) is 0. The molecule has 2 heteroatoms. The summed E-state index contributed by atoms with van der Waals surface area (Å²) in [6, 6.07) is 5.97. The monoisotopic (exact) mass is 183 g/mol. The van der Waals surface area contributed by atoms with E-state index in [2.05, 4.69) is 6.92 Å². The molecule has 0 bridgehead atoms. The van der Waals surface area contributed by atoms with Gasteiger partial charge in [-0.25, -0.2) is 0 Å². The lowest BCUT2D eigenvalue weighted by atomic mass is 10.0. The highest BCUT2D eigenvalue weighted by atomic mass is 35.5. The third-order valence-electron chi connectivity index (χ3n) is 1.98. The molecule has 0 saturated heterocycles. The molecule has 0 fully saturated rings. The first-order chi connectivity index (χ1) is 5.65. The molecule has 66 valence electrons. The van der Waals surface area contributed by atoms with E-state index >= 15 is 0 Å². The van der Waals surface area contributed by atoms with Crippen LogP contribution in [0.4, 0.5) is 0 Å². The Labute approximate surface area is 78.5 Å². The topological polar surface area (TPSA) is 26.0 Å². The van der Waals surface area contributed by atoms with Crippen LogP contribution in [0.3, 0.4) is 0 Å². The van der Waals surface area contributed by atoms with Gasteiger partial charge in [0.05, 0.1) is 0 Å². The molecule has 0 spiro atoms. The minimum absolute atomic E-state index is 0.0682. The molecule has 1 rings (SSSR count). The van der Waals surface area contributed by atoms with E-state index in [1.807, 2.05) is 25.1 Å². The molecule has 0 heterocycles. The van der Waals surface area contributed by atoms with Crippen LogP contribution in [-0.2, 0) is 6.42 Å². The van der Waals surface area contributed by atoms with E-state index in [-0.39, 0.29) is 6.04 Å². The number of aryl methyl sites for hydroxylation is 1. The van der Waals surface area contributed by atoms with Gasteiger partial charge in [0.25, 0.3) is 0 Å². The van der Waals surface area contributed by atoms with Crippen LogP contribution in [0.2, 0.25) is 5.02 Å². The van der Waals surface area contributed by atoms with E-state index in [0.29, 0.717) is 0 Å². The maximum Gasteiger partial charge on any atom is 0.0409 e. The summed E-state index contributed by atoms with van der Waals surface area (Å²) in [6.45, 7) is 4.10. The van der Waals surface area contributed by atoms with Gasteiger partial charge in [0.1, 0.15) is 0 Å². The number of rotatable bonds is 2. The lowest BCUT2D eigenvalue weighted by Gasteiger charge is -2.11. The van der Waals surface area contributed by atoms with Gasteiger partial charge in [-0.2, -0.15) is 0 Å². The van der Waals surface area contributed by atoms with E-state index < -0.39 is 0 Å². The summed E-state index contributed by atoms with van der Waals surface area (Å²) >= 11 is 5.86. The van der Waals surface area contributed by atoms with Crippen molar-refractivity contribution in [3.05, 3.63) is 34.3 Å². The van der Waals surface area contributed by atoms with Crippen molar-refractivity contribution in [3.63, 3.8) is 0 Å². The number of hydrogen-bond donors (Lipinski definition) is 1. The zero-order valence-corrected chi connectivity index (χ0v) is 8.23. The van der Waals surface area contributed by atoms with Gasteiger partial charge < -0.3 is 5.73 Å². The Balaban J connectivity index is 3.12. The number of benzene rings is 1. The maximum atomic E-state index is 5.86. The molecule has 2 N–H and O–H groups in total. The van der Waals surface area contributed by atoms with Gasteiger partial charge in [0.2, 0.25) is 0 Å². The molecule has 0 aliphatic rings. The highest BCUT2D eigenvalue weighted by molar-refractivity contribution is 6.30. The van der Waals surface area contributed by atoms with E-state index in [4.69, 9.17) is 17.3 Å². The lowest BCUT2D eigenvalue weighted by Crippen LogP contribution is -2.07. The molecule has 0 aliphatic carbocycles. The summed E-state index contributed by atoms with van der Waals surface area (Å²) < 4.78 is 0. The van der Waals surface area contributed by atoms with E-state index in [1.165, 1.54) is 5.56 Å². The van der Waals surface area contributed by atoms with E-state index in [0.717, 1.165) is 17.0 Å². The normalized spacial score (nSPS) is 13.0. The largest absolute Gasteiger partial charge is 0.324 e. The fraction of sp³-hybridized carbons (Fsp3) is 0.400. The summed E-state index contributed by atoms with van der Waals surface area (Å²) in [7, 11) is 0. The maximum absolute atomic E-state index is 5.86. The van der Waals surface area contributed by atoms with Crippen LogP contribution in [0.15, 0.2) is 18.2 Å². The highest BCUT2D eigenvalue weighted by Crippen LogP contribution is 2.21. The number of halogens is 1. The van der Waals surface area contributed by atoms with Gasteiger partial charge in [0, 0.05) is 11.1 Å². The smallest absolute Gasteiger partial charge is 0.0409 e. The molecular formula is C10H14ClN. The fourth-order valence-corrected chi connectivity index (χ4v) is 1.49. The minimum Gasteiger partial charge on any atom is -0.324 e. The zero-order chi connectivity index (χ0) is 9.14. The highest BCUT2D eigenvalue weighted by Gasteiger charge is 2.05. The molecule has 0 aliphatic heterocycles. The Morgan fingerprint density at radius 3 is 2.67 bits per heavy atom. The van der Waals surface area contributed by atoms with Crippen LogP contribution in [0.1, 0.15) is 31.0 Å². The predicted molar refractivity (Wildman–Crippen MR) is 53.4 cm³/mol. The molecule has 0 saturated carbocycles. The Morgan fingerprint density at radius 1 is 1.50 bits per heavy atom. The van der Waals surface area contributed by atoms with Gasteiger partial charge in [-0.15, -0.1) is 0 Å². The number of hydrogen-bond acceptors (Lipinski definition) is 1. The molecule has 1 aromatic carbocycles. The molecule has 0 radical (unpaired) electrons. The van der Waals surface area contributed by atoms with Gasteiger partial charge >= 0.3 is 0 Å². The van der Waals surface area contributed by atoms with Gasteiger partial charge in [-0.05, 0) is 36.6 Å². The van der Waals surface area contributed by atoms with E-state index in [9.17, 15) is 0 Å². The van der Waals surface area contributed by atoms with Gasteiger partial charge in [-0.3, -0.25) is 0 Å². The molecule has 0 unspecified atom stereocenters. The zero-order valence-electron chi connectivity index (χ0n) is 7.47. The third kappa shape index (κ3) is 1.99. The quantitative estimate of drug-likeness (QED) is 0.750. The second-order valence-corrected chi connectivity index (χ2v) is 3.42. The Kier molecular flexibility index (Phi) is 3.12. The van der Waals surface area contributed by atoms with Crippen LogP contribution < -0.4 is 5.73 Å². The SMILES string of the molecule is CCc1ccc(Cl)cc1[C@@H](C)N. The summed E-state index contributed by atoms with van der Waals surface area (Å²) in [5.41, 5.74) is 8.24. The van der Waals surface area contributed by atoms with E-state index in [1.54, 1.807) is 0 Å². The average molecular weight is 184 g/mol. The lowest BCUT2D eigenvalue weighted by molar-refractivity contribution is 0.801. The van der Waals surface area contributed by atoms with Crippen molar-refractivity contribution in [3.8, 4) is 0 Å². The van der Waals surface area contributed by atoms with Crippen LogP contribution in [0.25, 0.3) is 0 Å². The second-order valence-electron chi connectivity index (χ2n) is 2.99. The van der Waals surface area contributed by atoms with Crippen LogP contribution in [-0.4, -0.2) is 0 Å². The minimum atomic E-state index is 0.0682. The first kappa shape index (κ1) is 9.56. The molecule has 1 atom stereocenters. The van der Waals surface area contributed by atoms with Crippen molar-refractivity contribution < 1.29 is 0 Å². The molecule has 12 heavy (non-hydrogen) atoms. The average Bonchev–Trinajstić information content (AvgIpc) is 2.04. The summed E-state index contributed by atoms with van der Waals surface area (Å²) in [6.07, 6.45) is 1.01. The molecule has 1 aromatic rings. The second kappa shape index (κ2) is 3.92. The number of nitrogens with two attached hydrogens (primary N) is 1. The fourth-order valence-electron chi connectivity index (χ4n) is 1.31. The molecule has 0 aromatic heterocycles. The first-order valence-electron chi connectivity index (χ1n) is 4.19. The molecular weight excluding hydrogens is 170 g/mol. The Bertz CT molecular complexity index is 269. The Hall–Kier alpha value is -0.530. The van der Waals surface area contributed by atoms with Crippen molar-refractivity contribution in [1.82, 2.24) is 0 Å². The van der Waals surface area contributed by atoms with Crippen molar-refractivity contribution in [2.45, 2.75) is 26.3 Å². The molecule has 0 amide bonds. The molecule has 1 nitrogen and oxygen atoms in total. The van der Waals surface area contributed by atoms with Crippen LogP contribution >= 0.6 is 11.6 Å². The van der Waals surface area contributed by atoms with Crippen molar-refractivity contribution in [2.24, 2.45) is 5.73 Å². The predicted octanol–water partition coefficient (Wildman–Crippen LogP) is 2.92. The van der Waals surface area contributed by atoms with Gasteiger partial charge in [0.15, 0.2) is 0 Å². The Morgan fingerprint density at radius 2 is 2.17 bits per heavy atom. The third-order valence-corrected chi connectivity index (χ3v) is 2.21. The standard InChI is InChI=1S/C10H14ClN/c1-3-8-4-5-9(11)6-10(8)7(2)12/h4-7H,3,12H2,1-2H3/t7-/m1/s1. The van der Waals surface area contributed by atoms with Crippen LogP contribution in [0, 0.1) is 0 Å².